The molecule has 0 unspecified atom stereocenters. The van der Waals surface area contributed by atoms with Gasteiger partial charge in [0, 0.05) is 29.5 Å². The summed E-state index contributed by atoms with van der Waals surface area (Å²) in [4.78, 5) is 11.9. The standard InChI is InChI=1S/C27H36F3N5O/c28-27(29,30)19-4-3-5-21(16-19)33-26-31-17-24(25(34-26)32-20-8-10-23(36)11-9-20)18-12-14-35(15-13-18)22-6-1-2-7-22/h3-5,16-18,20,22-23,36H,1-2,6-15H2,(H2,31,32,33,34). The average Bonchev–Trinajstić information content (AvgIpc) is 3.41. The van der Waals surface area contributed by atoms with Crippen LogP contribution in [0.2, 0.25) is 0 Å². The maximum Gasteiger partial charge on any atom is 0.416 e. The fourth-order valence-electron chi connectivity index (χ4n) is 6.03. The number of aliphatic hydroxyl groups is 1. The zero-order valence-electron chi connectivity index (χ0n) is 20.6. The number of halogens is 3. The van der Waals surface area contributed by atoms with Crippen LogP contribution in [0, 0.1) is 0 Å². The van der Waals surface area contributed by atoms with E-state index in [0.29, 0.717) is 11.6 Å². The third-order valence-electron chi connectivity index (χ3n) is 8.11. The maximum atomic E-state index is 13.2. The Bertz CT molecular complexity index is 1010. The Morgan fingerprint density at radius 3 is 2.36 bits per heavy atom. The minimum Gasteiger partial charge on any atom is -0.393 e. The number of aliphatic hydroxyl groups excluding tert-OH is 1. The van der Waals surface area contributed by atoms with E-state index in [1.54, 1.807) is 6.07 Å². The van der Waals surface area contributed by atoms with Gasteiger partial charge >= 0.3 is 6.18 Å². The maximum absolute atomic E-state index is 13.2. The number of hydrogen-bond acceptors (Lipinski definition) is 6. The quantitative estimate of drug-likeness (QED) is 0.444. The van der Waals surface area contributed by atoms with Crippen LogP contribution in [0.5, 0.6) is 0 Å². The highest BCUT2D eigenvalue weighted by Gasteiger charge is 2.31. The summed E-state index contributed by atoms with van der Waals surface area (Å²) >= 11 is 0. The number of nitrogens with one attached hydrogen (secondary N) is 2. The smallest absolute Gasteiger partial charge is 0.393 e. The first kappa shape index (κ1) is 25.3. The molecular weight excluding hydrogens is 467 g/mol. The second-order valence-electron chi connectivity index (χ2n) is 10.6. The van der Waals surface area contributed by atoms with E-state index in [1.807, 2.05) is 6.20 Å². The molecule has 2 aromatic rings. The molecule has 0 atom stereocenters. The van der Waals surface area contributed by atoms with Gasteiger partial charge in [0.25, 0.3) is 0 Å². The lowest BCUT2D eigenvalue weighted by Crippen LogP contribution is -2.39. The number of aromatic nitrogens is 2. The van der Waals surface area contributed by atoms with Crippen LogP contribution < -0.4 is 10.6 Å². The fraction of sp³-hybridized carbons (Fsp3) is 0.630. The molecule has 0 spiro atoms. The highest BCUT2D eigenvalue weighted by atomic mass is 19.4. The van der Waals surface area contributed by atoms with Crippen molar-refractivity contribution in [1.82, 2.24) is 14.9 Å². The van der Waals surface area contributed by atoms with Crippen molar-refractivity contribution in [2.75, 3.05) is 23.7 Å². The lowest BCUT2D eigenvalue weighted by molar-refractivity contribution is -0.137. The van der Waals surface area contributed by atoms with Gasteiger partial charge in [-0.25, -0.2) is 4.98 Å². The van der Waals surface area contributed by atoms with E-state index in [9.17, 15) is 18.3 Å². The molecule has 5 rings (SSSR count). The summed E-state index contributed by atoms with van der Waals surface area (Å²) in [6.45, 7) is 2.16. The molecule has 1 aromatic carbocycles. The number of benzene rings is 1. The van der Waals surface area contributed by atoms with Gasteiger partial charge in [-0.2, -0.15) is 18.2 Å². The van der Waals surface area contributed by atoms with Crippen LogP contribution in [0.4, 0.5) is 30.6 Å². The van der Waals surface area contributed by atoms with Crippen LogP contribution in [-0.4, -0.2) is 51.3 Å². The first-order valence-electron chi connectivity index (χ1n) is 13.3. The van der Waals surface area contributed by atoms with Crippen LogP contribution >= 0.6 is 0 Å². The van der Waals surface area contributed by atoms with E-state index in [-0.39, 0.29) is 18.1 Å². The number of likely N-dealkylation sites (tertiary alicyclic amines) is 1. The van der Waals surface area contributed by atoms with E-state index in [1.165, 1.54) is 31.7 Å². The summed E-state index contributed by atoms with van der Waals surface area (Å²) < 4.78 is 39.5. The van der Waals surface area contributed by atoms with Gasteiger partial charge in [-0.1, -0.05) is 18.9 Å². The Labute approximate surface area is 210 Å². The molecule has 0 radical (unpaired) electrons. The fourth-order valence-corrected chi connectivity index (χ4v) is 6.03. The molecule has 2 aliphatic carbocycles. The first-order chi connectivity index (χ1) is 17.3. The molecule has 0 bridgehead atoms. The van der Waals surface area contributed by atoms with Crippen LogP contribution in [0.25, 0.3) is 0 Å². The van der Waals surface area contributed by atoms with Crippen LogP contribution in [-0.2, 0) is 6.18 Å². The molecule has 0 amide bonds. The minimum absolute atomic E-state index is 0.210. The van der Waals surface area contributed by atoms with Gasteiger partial charge in [0.15, 0.2) is 0 Å². The van der Waals surface area contributed by atoms with Crippen molar-refractivity contribution in [2.24, 2.45) is 0 Å². The summed E-state index contributed by atoms with van der Waals surface area (Å²) in [5.41, 5.74) is 0.674. The SMILES string of the molecule is OC1CCC(Nc2nc(Nc3cccc(C(F)(F)F)c3)ncc2C2CCN(C3CCCC3)CC2)CC1. The molecule has 3 N–H and O–H groups in total. The summed E-state index contributed by atoms with van der Waals surface area (Å²) in [6, 6.07) is 6.03. The topological polar surface area (TPSA) is 73.3 Å². The number of anilines is 3. The van der Waals surface area contributed by atoms with Crippen molar-refractivity contribution < 1.29 is 18.3 Å². The van der Waals surface area contributed by atoms with Crippen LogP contribution in [0.15, 0.2) is 30.5 Å². The van der Waals surface area contributed by atoms with Crippen molar-refractivity contribution >= 4 is 17.5 Å². The Kier molecular flexibility index (Phi) is 7.67. The zero-order chi connectivity index (χ0) is 25.1. The average molecular weight is 504 g/mol. The number of hydrogen-bond donors (Lipinski definition) is 3. The number of alkyl halides is 3. The highest BCUT2D eigenvalue weighted by Crippen LogP contribution is 2.37. The van der Waals surface area contributed by atoms with E-state index < -0.39 is 11.7 Å². The van der Waals surface area contributed by atoms with Crippen LogP contribution in [0.1, 0.15) is 81.3 Å². The van der Waals surface area contributed by atoms with E-state index >= 15 is 0 Å². The molecule has 2 saturated carbocycles. The minimum atomic E-state index is -4.41. The third-order valence-corrected chi connectivity index (χ3v) is 8.11. The largest absolute Gasteiger partial charge is 0.416 e. The van der Waals surface area contributed by atoms with E-state index in [0.717, 1.165) is 81.2 Å². The van der Waals surface area contributed by atoms with Crippen molar-refractivity contribution in [3.8, 4) is 0 Å². The van der Waals surface area contributed by atoms with Gasteiger partial charge in [-0.3, -0.25) is 0 Å². The lowest BCUT2D eigenvalue weighted by atomic mass is 9.88. The monoisotopic (exact) mass is 503 g/mol. The third kappa shape index (κ3) is 6.11. The molecular formula is C27H36F3N5O. The Balaban J connectivity index is 1.34. The molecule has 9 heteroatoms. The van der Waals surface area contributed by atoms with Gasteiger partial charge in [0.1, 0.15) is 5.82 Å². The van der Waals surface area contributed by atoms with Gasteiger partial charge in [0.05, 0.1) is 11.7 Å². The molecule has 3 fully saturated rings. The van der Waals surface area contributed by atoms with E-state index in [4.69, 9.17) is 4.98 Å². The summed E-state index contributed by atoms with van der Waals surface area (Å²) in [6.07, 6.45) is 7.83. The Morgan fingerprint density at radius 1 is 0.944 bits per heavy atom. The molecule has 1 aliphatic heterocycles. The van der Waals surface area contributed by atoms with Crippen molar-refractivity contribution in [2.45, 2.75) is 94.5 Å². The number of piperidine rings is 1. The molecule has 3 aliphatic rings. The normalized spacial score (nSPS) is 24.7. The van der Waals surface area contributed by atoms with Gasteiger partial charge in [-0.15, -0.1) is 0 Å². The molecule has 6 nitrogen and oxygen atoms in total. The molecule has 36 heavy (non-hydrogen) atoms. The summed E-state index contributed by atoms with van der Waals surface area (Å²) in [5.74, 6) is 1.39. The second kappa shape index (κ2) is 10.9. The Morgan fingerprint density at radius 2 is 1.67 bits per heavy atom. The summed E-state index contributed by atoms with van der Waals surface area (Å²) in [5, 5.41) is 16.5. The van der Waals surface area contributed by atoms with Crippen molar-refractivity contribution in [3.05, 3.63) is 41.6 Å². The van der Waals surface area contributed by atoms with Crippen molar-refractivity contribution in [3.63, 3.8) is 0 Å². The second-order valence-corrected chi connectivity index (χ2v) is 10.6. The first-order valence-corrected chi connectivity index (χ1v) is 13.3. The molecule has 196 valence electrons. The lowest BCUT2D eigenvalue weighted by Gasteiger charge is -2.36. The number of nitrogens with zero attached hydrogens (tertiary/aromatic N) is 3. The van der Waals surface area contributed by atoms with Gasteiger partial charge < -0.3 is 20.6 Å². The van der Waals surface area contributed by atoms with Gasteiger partial charge in [-0.05, 0) is 88.6 Å². The highest BCUT2D eigenvalue weighted by molar-refractivity contribution is 5.58. The van der Waals surface area contributed by atoms with Gasteiger partial charge in [0.2, 0.25) is 5.95 Å². The summed E-state index contributed by atoms with van der Waals surface area (Å²) in [7, 11) is 0. The number of rotatable bonds is 6. The zero-order valence-corrected chi connectivity index (χ0v) is 20.6. The molecule has 1 aromatic heterocycles. The molecule has 2 heterocycles. The van der Waals surface area contributed by atoms with Crippen LogP contribution in [0.3, 0.4) is 0 Å². The predicted molar refractivity (Wildman–Crippen MR) is 134 cm³/mol. The molecule has 1 saturated heterocycles. The Hall–Kier alpha value is -2.39. The predicted octanol–water partition coefficient (Wildman–Crippen LogP) is 6.08. The van der Waals surface area contributed by atoms with E-state index in [2.05, 4.69) is 20.5 Å². The van der Waals surface area contributed by atoms with Crippen molar-refractivity contribution in [1.29, 1.82) is 0 Å².